The average molecular weight is 411 g/mol. The quantitative estimate of drug-likeness (QED) is 0.267. The summed E-state index contributed by atoms with van der Waals surface area (Å²) in [6.45, 7) is 0. The third-order valence-corrected chi connectivity index (χ3v) is 4.96. The lowest BCUT2D eigenvalue weighted by Gasteiger charge is -2.17. The maximum absolute atomic E-state index is 12.7. The Balaban J connectivity index is 1.71. The molecule has 0 radical (unpaired) electrons. The highest BCUT2D eigenvalue weighted by Crippen LogP contribution is 2.49. The van der Waals surface area contributed by atoms with E-state index < -0.39 is 12.7 Å². The molecule has 146 valence electrons. The molecule has 2 N–H and O–H groups in total. The number of hydrogen-bond acceptors (Lipinski definition) is 6. The molecule has 0 amide bonds. The fourth-order valence-corrected chi connectivity index (χ4v) is 3.69. The number of nitrogens with one attached hydrogen (secondary N) is 1. The van der Waals surface area contributed by atoms with Gasteiger partial charge in [0.2, 0.25) is 0 Å². The van der Waals surface area contributed by atoms with Crippen LogP contribution >= 0.6 is 7.82 Å². The summed E-state index contributed by atoms with van der Waals surface area (Å²) >= 11 is 0. The van der Waals surface area contributed by atoms with Crippen LogP contribution in [0.1, 0.15) is 0 Å². The Bertz CT molecular complexity index is 1220. The van der Waals surface area contributed by atoms with Gasteiger partial charge >= 0.3 is 7.82 Å². The van der Waals surface area contributed by atoms with Gasteiger partial charge in [0, 0.05) is 29.9 Å². The zero-order valence-electron chi connectivity index (χ0n) is 14.8. The van der Waals surface area contributed by atoms with Gasteiger partial charge in [-0.2, -0.15) is 0 Å². The lowest BCUT2D eigenvalue weighted by molar-refractivity contribution is -0.384. The molecule has 1 heterocycles. The van der Waals surface area contributed by atoms with E-state index in [4.69, 9.17) is 9.05 Å². The number of phosphoric acid groups is 1. The van der Waals surface area contributed by atoms with Gasteiger partial charge in [0.25, 0.3) is 5.69 Å². The Morgan fingerprint density at radius 2 is 1.79 bits per heavy atom. The Labute approximate surface area is 164 Å². The third kappa shape index (κ3) is 3.96. The van der Waals surface area contributed by atoms with Crippen LogP contribution in [0.15, 0.2) is 73.1 Å². The zero-order chi connectivity index (χ0) is 20.4. The van der Waals surface area contributed by atoms with Crippen molar-refractivity contribution >= 4 is 24.3 Å². The third-order valence-electron chi connectivity index (χ3n) is 4.11. The molecule has 1 atom stereocenters. The standard InChI is InChI=1S/C19H14N3O6P/c23-22(24)14-6-8-15(9-7-14)27-29(25,26)28-18-16-4-2-1-3-13(16)5-10-17(18)19-20-11-12-21-19/h1-12H,(H,20,21)(H,25,26). The molecule has 0 saturated heterocycles. The minimum atomic E-state index is -4.62. The Kier molecular flexibility index (Phi) is 4.75. The summed E-state index contributed by atoms with van der Waals surface area (Å²) in [4.78, 5) is 27.6. The Morgan fingerprint density at radius 1 is 1.03 bits per heavy atom. The molecule has 10 heteroatoms. The number of nitro groups is 1. The molecule has 0 aliphatic rings. The maximum Gasteiger partial charge on any atom is 0.584 e. The summed E-state index contributed by atoms with van der Waals surface area (Å²) in [6, 6.07) is 15.6. The van der Waals surface area contributed by atoms with Gasteiger partial charge in [-0.15, -0.1) is 0 Å². The second kappa shape index (κ2) is 7.38. The smallest absolute Gasteiger partial charge is 0.395 e. The van der Waals surface area contributed by atoms with Crippen LogP contribution in [0.5, 0.6) is 11.5 Å². The number of hydrogen-bond donors (Lipinski definition) is 2. The average Bonchev–Trinajstić information content (AvgIpc) is 3.22. The predicted octanol–water partition coefficient (Wildman–Crippen LogP) is 4.70. The molecule has 0 aliphatic carbocycles. The molecule has 0 spiro atoms. The van der Waals surface area contributed by atoms with Crippen molar-refractivity contribution in [2.24, 2.45) is 0 Å². The van der Waals surface area contributed by atoms with E-state index in [0.717, 1.165) is 5.39 Å². The number of aromatic nitrogens is 2. The molecule has 0 bridgehead atoms. The normalized spacial score (nSPS) is 13.0. The van der Waals surface area contributed by atoms with Crippen LogP contribution in [0.25, 0.3) is 22.2 Å². The Morgan fingerprint density at radius 3 is 2.48 bits per heavy atom. The summed E-state index contributed by atoms with van der Waals surface area (Å²) in [6.07, 6.45) is 3.18. The first-order valence-electron chi connectivity index (χ1n) is 8.41. The van der Waals surface area contributed by atoms with E-state index in [2.05, 4.69) is 9.97 Å². The first-order valence-corrected chi connectivity index (χ1v) is 9.90. The monoisotopic (exact) mass is 411 g/mol. The first kappa shape index (κ1) is 18.7. The van der Waals surface area contributed by atoms with Gasteiger partial charge < -0.3 is 14.0 Å². The van der Waals surface area contributed by atoms with Crippen LogP contribution in [0.2, 0.25) is 0 Å². The van der Waals surface area contributed by atoms with E-state index in [1.807, 2.05) is 18.2 Å². The van der Waals surface area contributed by atoms with Gasteiger partial charge in [0.05, 0.1) is 10.5 Å². The fraction of sp³-hybridized carbons (Fsp3) is 0. The predicted molar refractivity (Wildman–Crippen MR) is 106 cm³/mol. The van der Waals surface area contributed by atoms with Crippen LogP contribution < -0.4 is 9.05 Å². The van der Waals surface area contributed by atoms with Gasteiger partial charge in [-0.25, -0.2) is 9.55 Å². The minimum Gasteiger partial charge on any atom is -0.395 e. The largest absolute Gasteiger partial charge is 0.584 e. The van der Waals surface area contributed by atoms with Crippen molar-refractivity contribution in [2.45, 2.75) is 0 Å². The summed E-state index contributed by atoms with van der Waals surface area (Å²) < 4.78 is 23.2. The summed E-state index contributed by atoms with van der Waals surface area (Å²) in [5.41, 5.74) is 0.315. The number of non-ortho nitro benzene ring substituents is 1. The highest BCUT2D eigenvalue weighted by Gasteiger charge is 2.28. The van der Waals surface area contributed by atoms with E-state index in [1.54, 1.807) is 30.6 Å². The van der Waals surface area contributed by atoms with Crippen LogP contribution in [-0.4, -0.2) is 19.8 Å². The van der Waals surface area contributed by atoms with Crippen molar-refractivity contribution in [1.82, 2.24) is 9.97 Å². The van der Waals surface area contributed by atoms with E-state index in [9.17, 15) is 19.6 Å². The number of nitrogens with zero attached hydrogens (tertiary/aromatic N) is 2. The van der Waals surface area contributed by atoms with Crippen molar-refractivity contribution < 1.29 is 23.4 Å². The summed E-state index contributed by atoms with van der Waals surface area (Å²) in [7, 11) is -4.62. The topological polar surface area (TPSA) is 128 Å². The molecule has 4 rings (SSSR count). The molecule has 1 aromatic heterocycles. The Hall–Kier alpha value is -3.68. The van der Waals surface area contributed by atoms with Crippen molar-refractivity contribution in [1.29, 1.82) is 0 Å². The van der Waals surface area contributed by atoms with Crippen molar-refractivity contribution in [3.8, 4) is 22.9 Å². The highest BCUT2D eigenvalue weighted by molar-refractivity contribution is 7.48. The lowest BCUT2D eigenvalue weighted by Crippen LogP contribution is -2.02. The molecule has 0 fully saturated rings. The van der Waals surface area contributed by atoms with Gasteiger partial charge in [-0.3, -0.25) is 15.0 Å². The second-order valence-electron chi connectivity index (χ2n) is 6.00. The van der Waals surface area contributed by atoms with E-state index in [-0.39, 0.29) is 17.2 Å². The molecule has 3 aromatic carbocycles. The number of H-pyrrole nitrogens is 1. The summed E-state index contributed by atoms with van der Waals surface area (Å²) in [5, 5.41) is 12.1. The molecular formula is C19H14N3O6P. The second-order valence-corrected chi connectivity index (χ2v) is 7.31. The number of rotatable bonds is 6. The number of benzene rings is 3. The number of fused-ring (bicyclic) bond motifs is 1. The van der Waals surface area contributed by atoms with Gasteiger partial charge in [-0.1, -0.05) is 30.3 Å². The van der Waals surface area contributed by atoms with Gasteiger partial charge in [-0.05, 0) is 23.6 Å². The van der Waals surface area contributed by atoms with Crippen LogP contribution in [0, 0.1) is 10.1 Å². The van der Waals surface area contributed by atoms with Crippen LogP contribution in [0.4, 0.5) is 5.69 Å². The molecule has 0 saturated carbocycles. The molecule has 4 aromatic rings. The van der Waals surface area contributed by atoms with Crippen molar-refractivity contribution in [3.63, 3.8) is 0 Å². The fourth-order valence-electron chi connectivity index (χ4n) is 2.84. The van der Waals surface area contributed by atoms with Crippen molar-refractivity contribution in [2.75, 3.05) is 0 Å². The molecule has 0 aliphatic heterocycles. The van der Waals surface area contributed by atoms with Crippen LogP contribution in [0.3, 0.4) is 0 Å². The molecule has 1 unspecified atom stereocenters. The number of nitro benzene ring substituents is 1. The van der Waals surface area contributed by atoms with E-state index in [1.165, 1.54) is 24.3 Å². The van der Waals surface area contributed by atoms with Crippen LogP contribution in [-0.2, 0) is 4.57 Å². The number of phosphoric ester groups is 1. The maximum atomic E-state index is 12.7. The van der Waals surface area contributed by atoms with E-state index in [0.29, 0.717) is 16.8 Å². The van der Waals surface area contributed by atoms with E-state index >= 15 is 0 Å². The summed E-state index contributed by atoms with van der Waals surface area (Å²) in [5.74, 6) is 0.549. The highest BCUT2D eigenvalue weighted by atomic mass is 31.2. The number of aromatic amines is 1. The molecule has 9 nitrogen and oxygen atoms in total. The molecular weight excluding hydrogens is 397 g/mol. The lowest BCUT2D eigenvalue weighted by atomic mass is 10.1. The van der Waals surface area contributed by atoms with Gasteiger partial charge in [0.1, 0.15) is 11.6 Å². The van der Waals surface area contributed by atoms with Gasteiger partial charge in [0.15, 0.2) is 5.75 Å². The number of imidazole rings is 1. The van der Waals surface area contributed by atoms with Crippen molar-refractivity contribution in [3.05, 3.63) is 83.2 Å². The zero-order valence-corrected chi connectivity index (χ0v) is 15.7. The minimum absolute atomic E-state index is 0.0405. The molecule has 29 heavy (non-hydrogen) atoms. The first-order chi connectivity index (χ1) is 13.9. The SMILES string of the molecule is O=[N+]([O-])c1ccc(OP(=O)(O)Oc2c(-c3ncc[nH]3)ccc3ccccc23)cc1.